The van der Waals surface area contributed by atoms with Gasteiger partial charge in [0.05, 0.1) is 12.7 Å². The topological polar surface area (TPSA) is 38.8 Å². The van der Waals surface area contributed by atoms with Crippen molar-refractivity contribution >= 4 is 5.97 Å². The van der Waals surface area contributed by atoms with Crippen LogP contribution in [0.1, 0.15) is 25.0 Å². The predicted octanol–water partition coefficient (Wildman–Crippen LogP) is 1.76. The number of ether oxygens (including phenoxy) is 2. The highest BCUT2D eigenvalue weighted by Crippen LogP contribution is 2.27. The molecule has 0 aromatic heterocycles. The molecule has 0 aliphatic carbocycles. The zero-order valence-corrected chi connectivity index (χ0v) is 11.1. The minimum absolute atomic E-state index is 0.0375. The second-order valence-corrected chi connectivity index (χ2v) is 5.26. The Labute approximate surface area is 113 Å². The van der Waals surface area contributed by atoms with Crippen molar-refractivity contribution in [2.45, 2.75) is 31.6 Å². The number of nitrogens with zero attached hydrogens (tertiary/aromatic N) is 1. The van der Waals surface area contributed by atoms with Crippen LogP contribution in [0.2, 0.25) is 0 Å². The first-order valence-electron chi connectivity index (χ1n) is 6.85. The smallest absolute Gasteiger partial charge is 0.323 e. The predicted molar refractivity (Wildman–Crippen MR) is 70.7 cm³/mol. The third-order valence-corrected chi connectivity index (χ3v) is 3.85. The number of benzene rings is 1. The zero-order chi connectivity index (χ0) is 13.2. The van der Waals surface area contributed by atoms with E-state index in [1.165, 1.54) is 5.56 Å². The summed E-state index contributed by atoms with van der Waals surface area (Å²) in [6.45, 7) is 4.18. The van der Waals surface area contributed by atoms with Gasteiger partial charge >= 0.3 is 5.97 Å². The highest BCUT2D eigenvalue weighted by Gasteiger charge is 2.38. The van der Waals surface area contributed by atoms with Crippen LogP contribution in [0, 0.1) is 0 Å². The van der Waals surface area contributed by atoms with E-state index < -0.39 is 0 Å². The van der Waals surface area contributed by atoms with Gasteiger partial charge in [-0.25, -0.2) is 0 Å². The number of rotatable bonds is 2. The Hall–Kier alpha value is -1.39. The molecule has 0 radical (unpaired) electrons. The molecule has 0 N–H and O–H groups in total. The van der Waals surface area contributed by atoms with E-state index in [2.05, 4.69) is 17.0 Å². The molecule has 1 aromatic rings. The number of hydrogen-bond acceptors (Lipinski definition) is 4. The molecule has 2 aliphatic rings. The van der Waals surface area contributed by atoms with E-state index in [4.69, 9.17) is 9.47 Å². The van der Waals surface area contributed by atoms with Crippen molar-refractivity contribution < 1.29 is 14.3 Å². The molecule has 102 valence electrons. The van der Waals surface area contributed by atoms with Crippen molar-refractivity contribution in [2.75, 3.05) is 19.7 Å². The molecule has 0 amide bonds. The minimum Gasteiger partial charge on any atom is -0.461 e. The van der Waals surface area contributed by atoms with E-state index in [1.54, 1.807) is 0 Å². The zero-order valence-electron chi connectivity index (χ0n) is 11.1. The summed E-state index contributed by atoms with van der Waals surface area (Å²) < 4.78 is 11.1. The van der Waals surface area contributed by atoms with Gasteiger partial charge in [0.1, 0.15) is 12.1 Å². The second kappa shape index (κ2) is 5.31. The second-order valence-electron chi connectivity index (χ2n) is 5.26. The highest BCUT2D eigenvalue weighted by atomic mass is 16.6. The molecular weight excluding hydrogens is 242 g/mol. The van der Waals surface area contributed by atoms with E-state index in [1.807, 2.05) is 25.1 Å². The lowest BCUT2D eigenvalue weighted by Gasteiger charge is -2.35. The number of morpholine rings is 1. The highest BCUT2D eigenvalue weighted by molar-refractivity contribution is 5.78. The maximum Gasteiger partial charge on any atom is 0.323 e. The maximum absolute atomic E-state index is 11.8. The molecule has 2 saturated heterocycles. The van der Waals surface area contributed by atoms with Crippen molar-refractivity contribution in [2.24, 2.45) is 0 Å². The Bertz CT molecular complexity index is 448. The Morgan fingerprint density at radius 1 is 1.26 bits per heavy atom. The van der Waals surface area contributed by atoms with Crippen molar-refractivity contribution in [3.63, 3.8) is 0 Å². The summed E-state index contributed by atoms with van der Waals surface area (Å²) in [7, 11) is 0. The average Bonchev–Trinajstić information content (AvgIpc) is 2.79. The molecular formula is C15H19NO3. The Kier molecular flexibility index (Phi) is 3.53. The summed E-state index contributed by atoms with van der Waals surface area (Å²) in [5.41, 5.74) is 1.17. The van der Waals surface area contributed by atoms with Crippen LogP contribution < -0.4 is 0 Å². The summed E-state index contributed by atoms with van der Waals surface area (Å²) >= 11 is 0. The van der Waals surface area contributed by atoms with Gasteiger partial charge in [-0.2, -0.15) is 0 Å². The first kappa shape index (κ1) is 12.6. The monoisotopic (exact) mass is 261 g/mol. The van der Waals surface area contributed by atoms with Crippen LogP contribution in [-0.2, 0) is 14.3 Å². The Balaban J connectivity index is 1.70. The fourth-order valence-corrected chi connectivity index (χ4v) is 2.86. The summed E-state index contributed by atoms with van der Waals surface area (Å²) in [6, 6.07) is 10.1. The fraction of sp³-hybridized carbons (Fsp3) is 0.533. The van der Waals surface area contributed by atoms with Gasteiger partial charge in [-0.3, -0.25) is 9.69 Å². The maximum atomic E-state index is 11.8. The lowest BCUT2D eigenvalue weighted by molar-refractivity contribution is -0.147. The Morgan fingerprint density at radius 2 is 2.05 bits per heavy atom. The third kappa shape index (κ3) is 2.65. The van der Waals surface area contributed by atoms with Crippen molar-refractivity contribution in [3.05, 3.63) is 35.9 Å². The summed E-state index contributed by atoms with van der Waals surface area (Å²) in [5, 5.41) is 0. The molecule has 4 heteroatoms. The number of hydrogen-bond donors (Lipinski definition) is 0. The van der Waals surface area contributed by atoms with E-state index in [0.29, 0.717) is 6.61 Å². The number of esters is 1. The standard InChI is InChI=1S/C15H19NO3/c1-11-9-13(15(17)19-11)16-7-8-18-14(10-16)12-5-3-2-4-6-12/h2-6,11,13-14H,7-10H2,1H3. The first-order valence-corrected chi connectivity index (χ1v) is 6.85. The third-order valence-electron chi connectivity index (χ3n) is 3.85. The number of carbonyl (C=O) groups is 1. The fourth-order valence-electron chi connectivity index (χ4n) is 2.86. The molecule has 19 heavy (non-hydrogen) atoms. The summed E-state index contributed by atoms with van der Waals surface area (Å²) in [5.74, 6) is -0.0822. The molecule has 1 aromatic carbocycles. The summed E-state index contributed by atoms with van der Waals surface area (Å²) in [6.07, 6.45) is 0.884. The Morgan fingerprint density at radius 3 is 2.74 bits per heavy atom. The largest absolute Gasteiger partial charge is 0.461 e. The van der Waals surface area contributed by atoms with Crippen LogP contribution in [0.5, 0.6) is 0 Å². The minimum atomic E-state index is -0.0925. The first-order chi connectivity index (χ1) is 9.24. The molecule has 3 rings (SSSR count). The van der Waals surface area contributed by atoms with Gasteiger partial charge in [-0.1, -0.05) is 30.3 Å². The normalized spacial score (nSPS) is 32.3. The lowest BCUT2D eigenvalue weighted by Crippen LogP contribution is -2.46. The van der Waals surface area contributed by atoms with Crippen molar-refractivity contribution in [1.29, 1.82) is 0 Å². The molecule has 4 nitrogen and oxygen atoms in total. The number of cyclic esters (lactones) is 1. The molecule has 0 saturated carbocycles. The van der Waals surface area contributed by atoms with E-state index in [9.17, 15) is 4.79 Å². The molecule has 0 spiro atoms. The average molecular weight is 261 g/mol. The van der Waals surface area contributed by atoms with Gasteiger partial charge < -0.3 is 9.47 Å². The van der Waals surface area contributed by atoms with Crippen molar-refractivity contribution in [3.8, 4) is 0 Å². The SMILES string of the molecule is CC1CC(N2CCOC(c3ccccc3)C2)C(=O)O1. The van der Waals surface area contributed by atoms with Crippen LogP contribution in [0.3, 0.4) is 0 Å². The summed E-state index contributed by atoms with van der Waals surface area (Å²) in [4.78, 5) is 14.0. The van der Waals surface area contributed by atoms with Crippen LogP contribution in [-0.4, -0.2) is 42.7 Å². The van der Waals surface area contributed by atoms with Gasteiger partial charge in [-0.15, -0.1) is 0 Å². The van der Waals surface area contributed by atoms with E-state index in [0.717, 1.165) is 19.5 Å². The van der Waals surface area contributed by atoms with Gasteiger partial charge in [-0.05, 0) is 12.5 Å². The van der Waals surface area contributed by atoms with Crippen LogP contribution >= 0.6 is 0 Å². The van der Waals surface area contributed by atoms with Gasteiger partial charge in [0.25, 0.3) is 0 Å². The number of carbonyl (C=O) groups excluding carboxylic acids is 1. The quantitative estimate of drug-likeness (QED) is 0.760. The molecule has 2 aliphatic heterocycles. The van der Waals surface area contributed by atoms with E-state index >= 15 is 0 Å². The molecule has 3 unspecified atom stereocenters. The van der Waals surface area contributed by atoms with Gasteiger partial charge in [0.15, 0.2) is 0 Å². The van der Waals surface area contributed by atoms with Crippen LogP contribution in [0.4, 0.5) is 0 Å². The van der Waals surface area contributed by atoms with E-state index in [-0.39, 0.29) is 24.2 Å². The van der Waals surface area contributed by atoms with Crippen LogP contribution in [0.25, 0.3) is 0 Å². The van der Waals surface area contributed by atoms with Crippen LogP contribution in [0.15, 0.2) is 30.3 Å². The molecule has 0 bridgehead atoms. The van der Waals surface area contributed by atoms with Crippen molar-refractivity contribution in [1.82, 2.24) is 4.90 Å². The molecule has 2 heterocycles. The molecule has 3 atom stereocenters. The van der Waals surface area contributed by atoms with Gasteiger partial charge in [0, 0.05) is 19.5 Å². The van der Waals surface area contributed by atoms with Gasteiger partial charge in [0.2, 0.25) is 0 Å². The lowest BCUT2D eigenvalue weighted by atomic mass is 10.1. The molecule has 2 fully saturated rings.